The summed E-state index contributed by atoms with van der Waals surface area (Å²) in [6.45, 7) is 2.78. The predicted molar refractivity (Wildman–Crippen MR) is 50.6 cm³/mol. The molecule has 1 heterocycles. The van der Waals surface area contributed by atoms with Crippen molar-refractivity contribution in [3.63, 3.8) is 0 Å². The van der Waals surface area contributed by atoms with Crippen LogP contribution in [-0.4, -0.2) is 28.7 Å². The average Bonchev–Trinajstić information content (AvgIpc) is 2.02. The third-order valence-electron chi connectivity index (χ3n) is 0.976. The molecule has 0 aliphatic rings. The van der Waals surface area contributed by atoms with E-state index in [-0.39, 0.29) is 17.8 Å². The van der Waals surface area contributed by atoms with E-state index in [4.69, 9.17) is 17.2 Å². The minimum Gasteiger partial charge on any atom is -0.385 e. The number of hydrogen-bond acceptors (Lipinski definition) is 7. The fraction of sp³-hybridized carbons (Fsp3) is 0.500. The molecule has 0 amide bonds. The second-order valence-electron chi connectivity index (χ2n) is 1.99. The van der Waals surface area contributed by atoms with Gasteiger partial charge < -0.3 is 21.9 Å². The summed E-state index contributed by atoms with van der Waals surface area (Å²) in [7, 11) is 1.68. The van der Waals surface area contributed by atoms with E-state index in [0.717, 1.165) is 6.61 Å². The third kappa shape index (κ3) is 5.62. The van der Waals surface area contributed by atoms with Crippen molar-refractivity contribution >= 4 is 17.8 Å². The minimum atomic E-state index is 0.0417. The molecule has 74 valence electrons. The highest BCUT2D eigenvalue weighted by molar-refractivity contribution is 5.33. The number of ether oxygens (including phenoxy) is 1. The molecule has 0 radical (unpaired) electrons. The van der Waals surface area contributed by atoms with E-state index in [1.54, 1.807) is 7.11 Å². The lowest BCUT2D eigenvalue weighted by atomic mass is 10.9. The van der Waals surface area contributed by atoms with Gasteiger partial charge in [-0.25, -0.2) is 0 Å². The molecule has 1 aromatic heterocycles. The van der Waals surface area contributed by atoms with Crippen molar-refractivity contribution in [1.29, 1.82) is 0 Å². The summed E-state index contributed by atoms with van der Waals surface area (Å²) in [5.41, 5.74) is 15.4. The van der Waals surface area contributed by atoms with Crippen LogP contribution in [0.2, 0.25) is 0 Å². The molecule has 0 unspecified atom stereocenters. The molecule has 1 aromatic rings. The Balaban J connectivity index is 0.000000310. The number of nitrogen functional groups attached to an aromatic ring is 3. The molecule has 0 aliphatic carbocycles. The van der Waals surface area contributed by atoms with Crippen LogP contribution >= 0.6 is 0 Å². The first-order valence-electron chi connectivity index (χ1n) is 3.61. The zero-order valence-corrected chi connectivity index (χ0v) is 7.69. The van der Waals surface area contributed by atoms with Crippen LogP contribution < -0.4 is 17.2 Å². The van der Waals surface area contributed by atoms with Crippen molar-refractivity contribution in [3.8, 4) is 0 Å². The molecule has 6 N–H and O–H groups in total. The maximum absolute atomic E-state index is 5.14. The van der Waals surface area contributed by atoms with Crippen LogP contribution in [-0.2, 0) is 4.74 Å². The Morgan fingerprint density at radius 2 is 1.23 bits per heavy atom. The predicted octanol–water partition coefficient (Wildman–Crippen LogP) is -0.729. The number of nitrogens with two attached hydrogens (primary N) is 3. The van der Waals surface area contributed by atoms with Crippen molar-refractivity contribution in [3.05, 3.63) is 0 Å². The van der Waals surface area contributed by atoms with Gasteiger partial charge in [0.05, 0.1) is 0 Å². The second-order valence-corrected chi connectivity index (χ2v) is 1.99. The minimum absolute atomic E-state index is 0.0417. The van der Waals surface area contributed by atoms with E-state index in [1.165, 1.54) is 0 Å². The van der Waals surface area contributed by atoms with Crippen LogP contribution in [0.5, 0.6) is 0 Å². The topological polar surface area (TPSA) is 126 Å². The van der Waals surface area contributed by atoms with Gasteiger partial charge in [-0.2, -0.15) is 15.0 Å². The lowest BCUT2D eigenvalue weighted by molar-refractivity contribution is 0.215. The van der Waals surface area contributed by atoms with E-state index in [1.807, 2.05) is 6.92 Å². The molecule has 0 spiro atoms. The third-order valence-corrected chi connectivity index (χ3v) is 0.976. The fourth-order valence-electron chi connectivity index (χ4n) is 0.427. The molecular weight excluding hydrogens is 172 g/mol. The molecule has 0 saturated heterocycles. The van der Waals surface area contributed by atoms with E-state index in [9.17, 15) is 0 Å². The van der Waals surface area contributed by atoms with E-state index in [2.05, 4.69) is 19.7 Å². The van der Waals surface area contributed by atoms with Gasteiger partial charge in [-0.05, 0) is 6.92 Å². The largest absolute Gasteiger partial charge is 0.385 e. The summed E-state index contributed by atoms with van der Waals surface area (Å²) in [6, 6.07) is 0. The molecule has 7 heteroatoms. The summed E-state index contributed by atoms with van der Waals surface area (Å²) in [6.07, 6.45) is 0. The Morgan fingerprint density at radius 3 is 1.38 bits per heavy atom. The van der Waals surface area contributed by atoms with Gasteiger partial charge in [-0.15, -0.1) is 0 Å². The maximum Gasteiger partial charge on any atom is 0.226 e. The zero-order chi connectivity index (χ0) is 10.3. The lowest BCUT2D eigenvalue weighted by Gasteiger charge is -1.93. The van der Waals surface area contributed by atoms with E-state index >= 15 is 0 Å². The Morgan fingerprint density at radius 1 is 1.00 bits per heavy atom. The van der Waals surface area contributed by atoms with E-state index < -0.39 is 0 Å². The molecule has 13 heavy (non-hydrogen) atoms. The standard InChI is InChI=1S/C3H6N6.C3H8O/c4-1-7-2(5)9-3(6)8-1;1-3-4-2/h(H6,4,5,6,7,8,9);3H2,1-2H3. The van der Waals surface area contributed by atoms with Crippen molar-refractivity contribution in [2.45, 2.75) is 6.92 Å². The van der Waals surface area contributed by atoms with Crippen LogP contribution in [0, 0.1) is 0 Å². The molecule has 1 rings (SSSR count). The average molecular weight is 186 g/mol. The van der Waals surface area contributed by atoms with Crippen molar-refractivity contribution in [1.82, 2.24) is 15.0 Å². The van der Waals surface area contributed by atoms with Gasteiger partial charge in [0.2, 0.25) is 17.8 Å². The van der Waals surface area contributed by atoms with Crippen molar-refractivity contribution < 1.29 is 4.74 Å². The fourth-order valence-corrected chi connectivity index (χ4v) is 0.427. The lowest BCUT2D eigenvalue weighted by Crippen LogP contribution is -2.05. The molecule has 0 fully saturated rings. The van der Waals surface area contributed by atoms with Crippen LogP contribution in [0.1, 0.15) is 6.92 Å². The number of nitrogens with zero attached hydrogens (tertiary/aromatic N) is 3. The van der Waals surface area contributed by atoms with Gasteiger partial charge >= 0.3 is 0 Å². The molecule has 0 aliphatic heterocycles. The summed E-state index contributed by atoms with van der Waals surface area (Å²) >= 11 is 0. The Bertz CT molecular complexity index is 200. The van der Waals surface area contributed by atoms with Crippen LogP contribution in [0.4, 0.5) is 17.8 Å². The SMILES string of the molecule is CCOC.Nc1nc(N)nc(N)n1. The summed E-state index contributed by atoms with van der Waals surface area (Å²) in [5, 5.41) is 0. The maximum atomic E-state index is 5.14. The summed E-state index contributed by atoms with van der Waals surface area (Å²) in [4.78, 5) is 10.5. The van der Waals surface area contributed by atoms with Gasteiger partial charge in [0, 0.05) is 13.7 Å². The highest BCUT2D eigenvalue weighted by Gasteiger charge is 1.93. The van der Waals surface area contributed by atoms with Gasteiger partial charge in [-0.3, -0.25) is 0 Å². The Kier molecular flexibility index (Phi) is 5.20. The van der Waals surface area contributed by atoms with E-state index in [0.29, 0.717) is 0 Å². The Hall–Kier alpha value is -1.63. The number of aromatic nitrogens is 3. The molecule has 0 atom stereocenters. The number of hydrogen-bond donors (Lipinski definition) is 3. The van der Waals surface area contributed by atoms with Crippen LogP contribution in [0.25, 0.3) is 0 Å². The van der Waals surface area contributed by atoms with Crippen molar-refractivity contribution in [2.24, 2.45) is 0 Å². The summed E-state index contributed by atoms with van der Waals surface area (Å²) < 4.78 is 4.54. The molecular formula is C6H14N6O. The Labute approximate surface area is 76.3 Å². The van der Waals surface area contributed by atoms with Gasteiger partial charge in [-0.1, -0.05) is 0 Å². The highest BCUT2D eigenvalue weighted by Crippen LogP contribution is 1.97. The van der Waals surface area contributed by atoms with Crippen LogP contribution in [0.3, 0.4) is 0 Å². The first-order chi connectivity index (χ1) is 6.10. The smallest absolute Gasteiger partial charge is 0.226 e. The number of anilines is 3. The molecule has 7 nitrogen and oxygen atoms in total. The van der Waals surface area contributed by atoms with Gasteiger partial charge in [0.25, 0.3) is 0 Å². The first-order valence-corrected chi connectivity index (χ1v) is 3.61. The van der Waals surface area contributed by atoms with Gasteiger partial charge in [0.1, 0.15) is 0 Å². The normalized spacial score (nSPS) is 8.77. The van der Waals surface area contributed by atoms with Gasteiger partial charge in [0.15, 0.2) is 0 Å². The quantitative estimate of drug-likeness (QED) is 0.527. The highest BCUT2D eigenvalue weighted by atomic mass is 16.5. The summed E-state index contributed by atoms with van der Waals surface area (Å²) in [5.74, 6) is 0.125. The van der Waals surface area contributed by atoms with Crippen molar-refractivity contribution in [2.75, 3.05) is 30.9 Å². The second kappa shape index (κ2) is 5.95. The zero-order valence-electron chi connectivity index (χ0n) is 7.69. The first kappa shape index (κ1) is 11.4. The number of methoxy groups -OCH3 is 1. The monoisotopic (exact) mass is 186 g/mol. The van der Waals surface area contributed by atoms with Crippen LogP contribution in [0.15, 0.2) is 0 Å². The molecule has 0 bridgehead atoms. The number of rotatable bonds is 1. The molecule has 0 saturated carbocycles. The molecule has 0 aromatic carbocycles.